The van der Waals surface area contributed by atoms with E-state index < -0.39 is 0 Å². The number of aromatic nitrogens is 1. The highest BCUT2D eigenvalue weighted by Crippen LogP contribution is 2.29. The van der Waals surface area contributed by atoms with E-state index in [9.17, 15) is 4.79 Å². The van der Waals surface area contributed by atoms with E-state index in [-0.39, 0.29) is 5.91 Å². The Bertz CT molecular complexity index is 1220. The summed E-state index contributed by atoms with van der Waals surface area (Å²) in [6.45, 7) is 4.38. The molecule has 0 radical (unpaired) electrons. The molecule has 0 aliphatic rings. The minimum atomic E-state index is -0.255. The first-order valence-electron chi connectivity index (χ1n) is 10.6. The summed E-state index contributed by atoms with van der Waals surface area (Å²) in [6.07, 6.45) is 1.08. The number of carbonyl (C=O) groups excluding carboxylic acids is 1. The Morgan fingerprint density at radius 3 is 2.31 bits per heavy atom. The zero-order chi connectivity index (χ0) is 22.7. The van der Waals surface area contributed by atoms with Crippen LogP contribution in [0, 0.1) is 0 Å². The molecule has 1 N–H and O–H groups in total. The van der Waals surface area contributed by atoms with Gasteiger partial charge < -0.3 is 19.2 Å². The van der Waals surface area contributed by atoms with Gasteiger partial charge in [-0.05, 0) is 66.4 Å². The molecule has 0 spiro atoms. The third kappa shape index (κ3) is 4.44. The number of hydrogen-bond donors (Lipinski definition) is 1. The van der Waals surface area contributed by atoms with Gasteiger partial charge in [0, 0.05) is 22.9 Å². The molecule has 1 unspecified atom stereocenters. The van der Waals surface area contributed by atoms with E-state index in [4.69, 9.17) is 13.9 Å². The van der Waals surface area contributed by atoms with E-state index in [0.717, 1.165) is 23.1 Å². The maximum atomic E-state index is 12.7. The second-order valence-electron chi connectivity index (χ2n) is 7.69. The molecule has 164 valence electrons. The average Bonchev–Trinajstić information content (AvgIpc) is 3.27. The number of methoxy groups -OCH3 is 2. The summed E-state index contributed by atoms with van der Waals surface area (Å²) >= 11 is 0. The maximum Gasteiger partial charge on any atom is 0.255 e. The van der Waals surface area contributed by atoms with Crippen molar-refractivity contribution in [1.82, 2.24) is 4.98 Å². The summed E-state index contributed by atoms with van der Waals surface area (Å²) < 4.78 is 16.4. The highest BCUT2D eigenvalue weighted by atomic mass is 16.5. The Morgan fingerprint density at radius 1 is 1.00 bits per heavy atom. The Morgan fingerprint density at radius 2 is 1.69 bits per heavy atom. The summed E-state index contributed by atoms with van der Waals surface area (Å²) in [6, 6.07) is 18.6. The third-order valence-electron chi connectivity index (χ3n) is 5.60. The highest BCUT2D eigenvalue weighted by molar-refractivity contribution is 6.04. The maximum absolute atomic E-state index is 12.7. The van der Waals surface area contributed by atoms with Crippen LogP contribution >= 0.6 is 0 Å². The van der Waals surface area contributed by atoms with Crippen LogP contribution in [0.5, 0.6) is 11.5 Å². The molecule has 1 amide bonds. The van der Waals surface area contributed by atoms with Crippen molar-refractivity contribution in [3.63, 3.8) is 0 Å². The van der Waals surface area contributed by atoms with Crippen molar-refractivity contribution in [3.8, 4) is 23.0 Å². The lowest BCUT2D eigenvalue weighted by atomic mass is 9.98. The number of fused-ring (bicyclic) bond motifs is 1. The third-order valence-corrected chi connectivity index (χ3v) is 5.60. The highest BCUT2D eigenvalue weighted by Gasteiger charge is 2.13. The Labute approximate surface area is 187 Å². The molecule has 1 heterocycles. The van der Waals surface area contributed by atoms with Crippen LogP contribution in [0.2, 0.25) is 0 Å². The van der Waals surface area contributed by atoms with Gasteiger partial charge in [-0.15, -0.1) is 0 Å². The summed E-state index contributed by atoms with van der Waals surface area (Å²) in [5.41, 5.74) is 4.81. The van der Waals surface area contributed by atoms with Gasteiger partial charge in [0.25, 0.3) is 5.91 Å². The van der Waals surface area contributed by atoms with Crippen molar-refractivity contribution < 1.29 is 18.7 Å². The average molecular weight is 431 g/mol. The number of rotatable bonds is 7. The molecule has 0 aliphatic heterocycles. The molecular weight excluding hydrogens is 404 g/mol. The standard InChI is InChI=1S/C26H26N2O4/c1-5-16(2)18-8-11-24-23(14-18)28-26(32-24)17-6-9-20(10-7-17)27-25(29)19-12-21(30-3)15-22(13-19)31-4/h6-16H,5H2,1-4H3,(H,27,29). The lowest BCUT2D eigenvalue weighted by molar-refractivity contribution is 0.102. The van der Waals surface area contributed by atoms with Crippen molar-refractivity contribution in [1.29, 1.82) is 0 Å². The monoisotopic (exact) mass is 430 g/mol. The SMILES string of the molecule is CCC(C)c1ccc2oc(-c3ccc(NC(=O)c4cc(OC)cc(OC)c4)cc3)nc2c1. The molecule has 0 aliphatic carbocycles. The zero-order valence-electron chi connectivity index (χ0n) is 18.6. The minimum Gasteiger partial charge on any atom is -0.497 e. The van der Waals surface area contributed by atoms with E-state index in [2.05, 4.69) is 36.3 Å². The van der Waals surface area contributed by atoms with Crippen LogP contribution in [0.4, 0.5) is 5.69 Å². The van der Waals surface area contributed by atoms with Crippen LogP contribution in [0.3, 0.4) is 0 Å². The first-order valence-corrected chi connectivity index (χ1v) is 10.6. The van der Waals surface area contributed by atoms with Gasteiger partial charge in [0.2, 0.25) is 5.89 Å². The first-order chi connectivity index (χ1) is 15.5. The van der Waals surface area contributed by atoms with Crippen molar-refractivity contribution in [2.24, 2.45) is 0 Å². The predicted molar refractivity (Wildman–Crippen MR) is 126 cm³/mol. The molecule has 3 aromatic carbocycles. The smallest absolute Gasteiger partial charge is 0.255 e. The molecule has 32 heavy (non-hydrogen) atoms. The van der Waals surface area contributed by atoms with E-state index in [0.29, 0.717) is 34.6 Å². The zero-order valence-corrected chi connectivity index (χ0v) is 18.6. The second-order valence-corrected chi connectivity index (χ2v) is 7.69. The molecule has 6 nitrogen and oxygen atoms in total. The van der Waals surface area contributed by atoms with Crippen LogP contribution in [-0.4, -0.2) is 25.1 Å². The number of hydrogen-bond acceptors (Lipinski definition) is 5. The van der Waals surface area contributed by atoms with Gasteiger partial charge >= 0.3 is 0 Å². The number of carbonyl (C=O) groups is 1. The van der Waals surface area contributed by atoms with Crippen molar-refractivity contribution >= 4 is 22.7 Å². The summed E-state index contributed by atoms with van der Waals surface area (Å²) in [4.78, 5) is 17.3. The van der Waals surface area contributed by atoms with Gasteiger partial charge in [-0.25, -0.2) is 4.98 Å². The largest absolute Gasteiger partial charge is 0.497 e. The summed E-state index contributed by atoms with van der Waals surface area (Å²) in [5.74, 6) is 1.88. The second kappa shape index (κ2) is 9.14. The van der Waals surface area contributed by atoms with Crippen molar-refractivity contribution in [2.45, 2.75) is 26.2 Å². The first kappa shape index (κ1) is 21.4. The molecule has 0 bridgehead atoms. The number of anilines is 1. The lowest BCUT2D eigenvalue weighted by Gasteiger charge is -2.09. The van der Waals surface area contributed by atoms with Crippen LogP contribution in [0.25, 0.3) is 22.6 Å². The fourth-order valence-corrected chi connectivity index (χ4v) is 3.45. The Balaban J connectivity index is 1.52. The molecular formula is C26H26N2O4. The topological polar surface area (TPSA) is 73.6 Å². The molecule has 4 aromatic rings. The Kier molecular flexibility index (Phi) is 6.12. The van der Waals surface area contributed by atoms with Crippen LogP contribution in [0.15, 0.2) is 65.1 Å². The molecule has 0 saturated carbocycles. The van der Waals surface area contributed by atoms with Crippen LogP contribution in [-0.2, 0) is 0 Å². The summed E-state index contributed by atoms with van der Waals surface area (Å²) in [7, 11) is 3.10. The van der Waals surface area contributed by atoms with Crippen molar-refractivity contribution in [2.75, 3.05) is 19.5 Å². The van der Waals surface area contributed by atoms with Crippen molar-refractivity contribution in [3.05, 3.63) is 71.8 Å². The minimum absolute atomic E-state index is 0.255. The van der Waals surface area contributed by atoms with E-state index in [1.807, 2.05) is 30.3 Å². The van der Waals surface area contributed by atoms with Gasteiger partial charge in [0.15, 0.2) is 5.58 Å². The Hall–Kier alpha value is -3.80. The van der Waals surface area contributed by atoms with Gasteiger partial charge in [0.1, 0.15) is 17.0 Å². The molecule has 6 heteroatoms. The summed E-state index contributed by atoms with van der Waals surface area (Å²) in [5, 5.41) is 2.89. The van der Waals surface area contributed by atoms with Crippen LogP contribution in [0.1, 0.15) is 42.1 Å². The lowest BCUT2D eigenvalue weighted by Crippen LogP contribution is -2.12. The van der Waals surface area contributed by atoms with E-state index >= 15 is 0 Å². The molecule has 0 saturated heterocycles. The van der Waals surface area contributed by atoms with Gasteiger partial charge in [-0.2, -0.15) is 0 Å². The number of benzene rings is 3. The van der Waals surface area contributed by atoms with Crippen LogP contribution < -0.4 is 14.8 Å². The normalized spacial score (nSPS) is 11.9. The quantitative estimate of drug-likeness (QED) is 0.374. The fourth-order valence-electron chi connectivity index (χ4n) is 3.45. The number of oxazole rings is 1. The molecule has 1 atom stereocenters. The molecule has 0 fully saturated rings. The number of ether oxygens (including phenoxy) is 2. The predicted octanol–water partition coefficient (Wildman–Crippen LogP) is 6.28. The van der Waals surface area contributed by atoms with E-state index in [1.54, 1.807) is 32.4 Å². The van der Waals surface area contributed by atoms with E-state index in [1.165, 1.54) is 5.56 Å². The van der Waals surface area contributed by atoms with Gasteiger partial charge in [-0.3, -0.25) is 4.79 Å². The number of nitrogens with one attached hydrogen (secondary N) is 1. The fraction of sp³-hybridized carbons (Fsp3) is 0.231. The number of amides is 1. The van der Waals surface area contributed by atoms with Gasteiger partial charge in [0.05, 0.1) is 14.2 Å². The molecule has 4 rings (SSSR count). The van der Waals surface area contributed by atoms with Gasteiger partial charge in [-0.1, -0.05) is 19.9 Å². The molecule has 1 aromatic heterocycles. The number of nitrogens with zero attached hydrogens (tertiary/aromatic N) is 1.